The number of hydrogen-bond donors (Lipinski definition) is 1. The molecule has 0 saturated carbocycles. The van der Waals surface area contributed by atoms with Gasteiger partial charge in [-0.2, -0.15) is 0 Å². The third-order valence-corrected chi connectivity index (χ3v) is 7.80. The molecule has 1 aromatic carbocycles. The van der Waals surface area contributed by atoms with E-state index < -0.39 is 21.9 Å². The van der Waals surface area contributed by atoms with E-state index in [2.05, 4.69) is 5.32 Å². The number of likely N-dealkylation sites (N-methyl/N-ethyl adjacent to an activating group) is 1. The predicted octanol–water partition coefficient (Wildman–Crippen LogP) is 1.90. The van der Waals surface area contributed by atoms with Crippen LogP contribution in [0.1, 0.15) is 33.1 Å². The number of esters is 1. The Bertz CT molecular complexity index is 928. The summed E-state index contributed by atoms with van der Waals surface area (Å²) in [6.45, 7) is 4.50. The quantitative estimate of drug-likeness (QED) is 0.642. The lowest BCUT2D eigenvalue weighted by Gasteiger charge is -2.32. The van der Waals surface area contributed by atoms with E-state index in [1.807, 2.05) is 18.2 Å². The smallest absolute Gasteiger partial charge is 0.321 e. The zero-order chi connectivity index (χ0) is 23.3. The topological polar surface area (TPSA) is 113 Å². The van der Waals surface area contributed by atoms with Crippen LogP contribution in [0.25, 0.3) is 0 Å². The number of ether oxygens (including phenoxy) is 1. The summed E-state index contributed by atoms with van der Waals surface area (Å²) in [5.41, 5.74) is 0.710. The van der Waals surface area contributed by atoms with E-state index >= 15 is 0 Å². The summed E-state index contributed by atoms with van der Waals surface area (Å²) in [7, 11) is -3.12. The number of benzene rings is 1. The molecule has 1 N–H and O–H groups in total. The Hall–Kier alpha value is -2.62. The van der Waals surface area contributed by atoms with E-state index in [0.717, 1.165) is 0 Å². The molecule has 10 heteroatoms. The van der Waals surface area contributed by atoms with Crippen molar-refractivity contribution < 1.29 is 27.5 Å². The number of carbonyl (C=O) groups excluding carboxylic acids is 3. The van der Waals surface area contributed by atoms with Crippen LogP contribution in [0.2, 0.25) is 0 Å². The predicted molar refractivity (Wildman–Crippen MR) is 120 cm³/mol. The molecule has 0 aliphatic carbocycles. The van der Waals surface area contributed by atoms with Gasteiger partial charge in [-0.05, 0) is 45.2 Å². The fourth-order valence-electron chi connectivity index (χ4n) is 4.21. The number of sulfone groups is 1. The van der Waals surface area contributed by atoms with Crippen LogP contribution in [0.5, 0.6) is 0 Å². The molecule has 9 nitrogen and oxygen atoms in total. The monoisotopic (exact) mass is 465 g/mol. The number of rotatable bonds is 6. The minimum Gasteiger partial charge on any atom is -0.452 e. The van der Waals surface area contributed by atoms with Crippen molar-refractivity contribution in [2.75, 3.05) is 36.5 Å². The van der Waals surface area contributed by atoms with Gasteiger partial charge in [0.1, 0.15) is 0 Å². The first-order valence-electron chi connectivity index (χ1n) is 11.0. The van der Waals surface area contributed by atoms with E-state index in [9.17, 15) is 22.8 Å². The zero-order valence-corrected chi connectivity index (χ0v) is 19.3. The van der Waals surface area contributed by atoms with Gasteiger partial charge in [-0.3, -0.25) is 9.59 Å². The molecule has 1 aromatic rings. The number of anilines is 1. The number of hydrogen-bond acceptors (Lipinski definition) is 6. The first kappa shape index (κ1) is 24.0. The van der Waals surface area contributed by atoms with Crippen LogP contribution in [0.3, 0.4) is 0 Å². The van der Waals surface area contributed by atoms with E-state index in [0.29, 0.717) is 44.6 Å². The maximum Gasteiger partial charge on any atom is 0.321 e. The third kappa shape index (κ3) is 5.99. The molecule has 2 aliphatic rings. The van der Waals surface area contributed by atoms with E-state index in [1.165, 1.54) is 11.8 Å². The lowest BCUT2D eigenvalue weighted by Crippen LogP contribution is -2.47. The molecule has 0 unspecified atom stereocenters. The van der Waals surface area contributed by atoms with E-state index in [4.69, 9.17) is 4.74 Å². The van der Waals surface area contributed by atoms with Crippen LogP contribution in [-0.4, -0.2) is 79.4 Å². The summed E-state index contributed by atoms with van der Waals surface area (Å²) < 4.78 is 29.0. The average molecular weight is 466 g/mol. The largest absolute Gasteiger partial charge is 0.452 e. The Balaban J connectivity index is 1.47. The van der Waals surface area contributed by atoms with Crippen molar-refractivity contribution in [3.8, 4) is 0 Å². The van der Waals surface area contributed by atoms with Crippen LogP contribution >= 0.6 is 0 Å². The van der Waals surface area contributed by atoms with Crippen LogP contribution in [-0.2, 0) is 24.2 Å². The summed E-state index contributed by atoms with van der Waals surface area (Å²) in [5, 5.41) is 2.83. The van der Waals surface area contributed by atoms with E-state index in [-0.39, 0.29) is 35.4 Å². The fraction of sp³-hybridized carbons (Fsp3) is 0.591. The molecule has 2 fully saturated rings. The van der Waals surface area contributed by atoms with Crippen molar-refractivity contribution in [1.82, 2.24) is 9.80 Å². The Labute approximate surface area is 189 Å². The lowest BCUT2D eigenvalue weighted by molar-refractivity contribution is -0.164. The van der Waals surface area contributed by atoms with Gasteiger partial charge in [0.2, 0.25) is 0 Å². The van der Waals surface area contributed by atoms with Gasteiger partial charge in [0.15, 0.2) is 15.9 Å². The van der Waals surface area contributed by atoms with Gasteiger partial charge in [0.25, 0.3) is 5.91 Å². The Kier molecular flexibility index (Phi) is 7.76. The highest BCUT2D eigenvalue weighted by molar-refractivity contribution is 7.91. The standard InChI is InChI=1S/C22H31N3O6S/c1-3-25(19-11-14-32(29,30)15-19)20(26)16(2)31-21(27)17-9-12-24(13-10-17)22(28)23-18-7-5-4-6-8-18/h4-8,16-17,19H,3,9-15H2,1-2H3,(H,23,28)/t16-,19-/m1/s1. The highest BCUT2D eigenvalue weighted by atomic mass is 32.2. The SMILES string of the molecule is CCN(C(=O)[C@@H](C)OC(=O)C1CCN(C(=O)Nc2ccccc2)CC1)[C@@H]1CCS(=O)(=O)C1. The molecule has 2 atom stereocenters. The number of piperidine rings is 1. The average Bonchev–Trinajstić information content (AvgIpc) is 3.14. The maximum absolute atomic E-state index is 12.8. The van der Waals surface area contributed by atoms with Gasteiger partial charge in [-0.15, -0.1) is 0 Å². The highest BCUT2D eigenvalue weighted by Gasteiger charge is 2.37. The number of carbonyl (C=O) groups is 3. The van der Waals surface area contributed by atoms with Crippen molar-refractivity contribution in [2.24, 2.45) is 5.92 Å². The lowest BCUT2D eigenvalue weighted by atomic mass is 9.97. The van der Waals surface area contributed by atoms with Crippen LogP contribution in [0.15, 0.2) is 30.3 Å². The van der Waals surface area contributed by atoms with Crippen molar-refractivity contribution in [2.45, 2.75) is 45.3 Å². The summed E-state index contributed by atoms with van der Waals surface area (Å²) in [5.74, 6) is -1.18. The minimum atomic E-state index is -3.12. The van der Waals surface area contributed by atoms with Crippen molar-refractivity contribution in [1.29, 1.82) is 0 Å². The molecule has 176 valence electrons. The summed E-state index contributed by atoms with van der Waals surface area (Å²) in [4.78, 5) is 41.0. The van der Waals surface area contributed by atoms with Gasteiger partial charge in [0.05, 0.1) is 17.4 Å². The van der Waals surface area contributed by atoms with Crippen LogP contribution in [0, 0.1) is 5.92 Å². The summed E-state index contributed by atoms with van der Waals surface area (Å²) in [6, 6.07) is 8.58. The second kappa shape index (κ2) is 10.3. The van der Waals surface area contributed by atoms with Gasteiger partial charge in [-0.1, -0.05) is 18.2 Å². The van der Waals surface area contributed by atoms with Gasteiger partial charge >= 0.3 is 12.0 Å². The molecular formula is C22H31N3O6S. The fourth-order valence-corrected chi connectivity index (χ4v) is 5.94. The maximum atomic E-state index is 12.8. The number of amides is 3. The molecule has 0 bridgehead atoms. The zero-order valence-electron chi connectivity index (χ0n) is 18.5. The van der Waals surface area contributed by atoms with Gasteiger partial charge in [0, 0.05) is 31.4 Å². The first-order valence-corrected chi connectivity index (χ1v) is 12.8. The van der Waals surface area contributed by atoms with Crippen molar-refractivity contribution >= 4 is 33.4 Å². The number of urea groups is 1. The Morgan fingerprint density at radius 3 is 2.38 bits per heavy atom. The van der Waals surface area contributed by atoms with Crippen LogP contribution < -0.4 is 5.32 Å². The first-order chi connectivity index (χ1) is 15.2. The van der Waals surface area contributed by atoms with E-state index in [1.54, 1.807) is 24.0 Å². The molecule has 2 saturated heterocycles. The molecule has 2 heterocycles. The molecule has 0 spiro atoms. The third-order valence-electron chi connectivity index (χ3n) is 6.05. The molecule has 0 aromatic heterocycles. The molecule has 3 rings (SSSR count). The van der Waals surface area contributed by atoms with Crippen molar-refractivity contribution in [3.05, 3.63) is 30.3 Å². The van der Waals surface area contributed by atoms with Crippen LogP contribution in [0.4, 0.5) is 10.5 Å². The number of nitrogens with one attached hydrogen (secondary N) is 1. The number of likely N-dealkylation sites (tertiary alicyclic amines) is 1. The Morgan fingerprint density at radius 1 is 1.16 bits per heavy atom. The van der Waals surface area contributed by atoms with Gasteiger partial charge < -0.3 is 19.9 Å². The van der Waals surface area contributed by atoms with Gasteiger partial charge in [-0.25, -0.2) is 13.2 Å². The Morgan fingerprint density at radius 2 is 1.81 bits per heavy atom. The molecule has 0 radical (unpaired) electrons. The number of para-hydroxylation sites is 1. The number of nitrogens with zero attached hydrogens (tertiary/aromatic N) is 2. The summed E-state index contributed by atoms with van der Waals surface area (Å²) in [6.07, 6.45) is 0.345. The molecule has 3 amide bonds. The molecule has 2 aliphatic heterocycles. The molecular weight excluding hydrogens is 434 g/mol. The summed E-state index contributed by atoms with van der Waals surface area (Å²) >= 11 is 0. The van der Waals surface area contributed by atoms with Crippen molar-refractivity contribution in [3.63, 3.8) is 0 Å². The minimum absolute atomic E-state index is 0.0449. The second-order valence-corrected chi connectivity index (χ2v) is 10.5. The second-order valence-electron chi connectivity index (χ2n) is 8.32. The molecule has 32 heavy (non-hydrogen) atoms. The highest BCUT2D eigenvalue weighted by Crippen LogP contribution is 2.22. The normalized spacial score (nSPS) is 21.6.